The molecule has 12 heavy (non-hydrogen) atoms. The Kier molecular flexibility index (Phi) is 1.89. The SMILES string of the molecule is CS(=O)(=O)c1cc(N)nc(N)n1. The first kappa shape index (κ1) is 8.72. The van der Waals surface area contributed by atoms with E-state index >= 15 is 0 Å². The van der Waals surface area contributed by atoms with Gasteiger partial charge in [-0.05, 0) is 0 Å². The van der Waals surface area contributed by atoms with Crippen LogP contribution in [0.5, 0.6) is 0 Å². The third-order valence-corrected chi connectivity index (χ3v) is 2.09. The minimum absolute atomic E-state index is 0.0444. The maximum atomic E-state index is 10.9. The predicted octanol–water partition coefficient (Wildman–Crippen LogP) is -0.955. The molecule has 1 heterocycles. The van der Waals surface area contributed by atoms with Crippen molar-refractivity contribution in [2.45, 2.75) is 5.03 Å². The van der Waals surface area contributed by atoms with Crippen LogP contribution in [0.3, 0.4) is 0 Å². The molecule has 0 unspecified atom stereocenters. The van der Waals surface area contributed by atoms with Gasteiger partial charge in [0, 0.05) is 12.3 Å². The highest BCUT2D eigenvalue weighted by atomic mass is 32.2. The van der Waals surface area contributed by atoms with E-state index in [1.165, 1.54) is 0 Å². The zero-order chi connectivity index (χ0) is 9.35. The molecule has 6 nitrogen and oxygen atoms in total. The summed E-state index contributed by atoms with van der Waals surface area (Å²) >= 11 is 0. The van der Waals surface area contributed by atoms with Gasteiger partial charge in [-0.3, -0.25) is 0 Å². The number of hydrogen-bond donors (Lipinski definition) is 2. The third-order valence-electron chi connectivity index (χ3n) is 1.12. The fourth-order valence-electron chi connectivity index (χ4n) is 0.651. The number of aromatic nitrogens is 2. The number of sulfone groups is 1. The summed E-state index contributed by atoms with van der Waals surface area (Å²) in [5, 5.41) is -0.160. The van der Waals surface area contributed by atoms with Crippen molar-refractivity contribution in [2.75, 3.05) is 17.7 Å². The Labute approximate surface area is 69.5 Å². The molecule has 0 aliphatic heterocycles. The summed E-state index contributed by atoms with van der Waals surface area (Å²) in [6.45, 7) is 0. The molecule has 0 saturated carbocycles. The van der Waals surface area contributed by atoms with Crippen molar-refractivity contribution in [3.63, 3.8) is 0 Å². The predicted molar refractivity (Wildman–Crippen MR) is 44.0 cm³/mol. The Morgan fingerprint density at radius 2 is 1.92 bits per heavy atom. The number of nitrogens with zero attached hydrogens (tertiary/aromatic N) is 2. The Morgan fingerprint density at radius 1 is 1.33 bits per heavy atom. The van der Waals surface area contributed by atoms with Gasteiger partial charge in [-0.25, -0.2) is 13.4 Å². The molecule has 0 aliphatic rings. The largest absolute Gasteiger partial charge is 0.383 e. The summed E-state index contributed by atoms with van der Waals surface area (Å²) in [4.78, 5) is 7.03. The van der Waals surface area contributed by atoms with E-state index in [1.54, 1.807) is 0 Å². The average molecular weight is 188 g/mol. The number of anilines is 2. The van der Waals surface area contributed by atoms with Gasteiger partial charge in [0.25, 0.3) is 0 Å². The van der Waals surface area contributed by atoms with Gasteiger partial charge in [0.2, 0.25) is 5.95 Å². The van der Waals surface area contributed by atoms with Crippen molar-refractivity contribution in [2.24, 2.45) is 0 Å². The summed E-state index contributed by atoms with van der Waals surface area (Å²) < 4.78 is 21.9. The smallest absolute Gasteiger partial charge is 0.223 e. The number of nitrogens with two attached hydrogens (primary N) is 2. The number of rotatable bonds is 1. The molecule has 0 bridgehead atoms. The summed E-state index contributed by atoms with van der Waals surface area (Å²) in [5.41, 5.74) is 10.4. The molecule has 0 radical (unpaired) electrons. The molecule has 4 N–H and O–H groups in total. The first-order valence-corrected chi connectivity index (χ1v) is 4.89. The van der Waals surface area contributed by atoms with Gasteiger partial charge >= 0.3 is 0 Å². The van der Waals surface area contributed by atoms with Gasteiger partial charge in [-0.1, -0.05) is 0 Å². The molecule has 0 atom stereocenters. The Morgan fingerprint density at radius 3 is 2.33 bits per heavy atom. The molecular weight excluding hydrogens is 180 g/mol. The standard InChI is InChI=1S/C5H8N4O2S/c1-12(10,11)4-2-3(6)8-5(7)9-4/h2H,1H3,(H4,6,7,8,9). The first-order chi connectivity index (χ1) is 5.39. The highest BCUT2D eigenvalue weighted by Crippen LogP contribution is 2.09. The topological polar surface area (TPSA) is 112 Å². The Balaban J connectivity index is 3.37. The normalized spacial score (nSPS) is 11.4. The maximum Gasteiger partial charge on any atom is 0.223 e. The lowest BCUT2D eigenvalue weighted by Gasteiger charge is -1.99. The van der Waals surface area contributed by atoms with Crippen LogP contribution >= 0.6 is 0 Å². The molecule has 1 aromatic heterocycles. The molecule has 1 aromatic rings. The van der Waals surface area contributed by atoms with Crippen LogP contribution in [0.15, 0.2) is 11.1 Å². The van der Waals surface area contributed by atoms with Crippen LogP contribution in [-0.2, 0) is 9.84 Å². The first-order valence-electron chi connectivity index (χ1n) is 2.99. The highest BCUT2D eigenvalue weighted by Gasteiger charge is 2.10. The molecule has 0 saturated heterocycles. The lowest BCUT2D eigenvalue weighted by molar-refractivity contribution is 0.598. The van der Waals surface area contributed by atoms with Crippen LogP contribution < -0.4 is 11.5 Å². The molecule has 0 amide bonds. The van der Waals surface area contributed by atoms with Crippen LogP contribution in [-0.4, -0.2) is 24.6 Å². The quantitative estimate of drug-likeness (QED) is 0.549. The summed E-state index contributed by atoms with van der Waals surface area (Å²) in [6, 6.07) is 1.16. The van der Waals surface area contributed by atoms with E-state index in [2.05, 4.69) is 9.97 Å². The van der Waals surface area contributed by atoms with E-state index < -0.39 is 9.84 Å². The van der Waals surface area contributed by atoms with Crippen LogP contribution in [0.2, 0.25) is 0 Å². The second-order valence-corrected chi connectivity index (χ2v) is 4.22. The molecule has 0 aromatic carbocycles. The second-order valence-electron chi connectivity index (χ2n) is 2.26. The van der Waals surface area contributed by atoms with Gasteiger partial charge in [0.15, 0.2) is 14.9 Å². The van der Waals surface area contributed by atoms with Crippen molar-refractivity contribution >= 4 is 21.6 Å². The lowest BCUT2D eigenvalue weighted by atomic mass is 10.6. The molecular formula is C5H8N4O2S. The molecule has 7 heteroatoms. The Bertz CT molecular complexity index is 380. The number of hydrogen-bond acceptors (Lipinski definition) is 6. The summed E-state index contributed by atoms with van der Waals surface area (Å²) in [6.07, 6.45) is 1.02. The van der Waals surface area contributed by atoms with Crippen molar-refractivity contribution < 1.29 is 8.42 Å². The highest BCUT2D eigenvalue weighted by molar-refractivity contribution is 7.90. The van der Waals surface area contributed by atoms with Crippen molar-refractivity contribution in [3.05, 3.63) is 6.07 Å². The van der Waals surface area contributed by atoms with Gasteiger partial charge in [0.05, 0.1) is 0 Å². The summed E-state index contributed by atoms with van der Waals surface area (Å²) in [5.74, 6) is -0.0987. The zero-order valence-electron chi connectivity index (χ0n) is 6.35. The Hall–Kier alpha value is -1.37. The van der Waals surface area contributed by atoms with Gasteiger partial charge < -0.3 is 11.5 Å². The molecule has 0 aliphatic carbocycles. The molecule has 0 fully saturated rings. The van der Waals surface area contributed by atoms with Crippen molar-refractivity contribution in [3.8, 4) is 0 Å². The van der Waals surface area contributed by atoms with Crippen LogP contribution in [0, 0.1) is 0 Å². The van der Waals surface area contributed by atoms with E-state index in [9.17, 15) is 8.42 Å². The van der Waals surface area contributed by atoms with E-state index in [4.69, 9.17) is 11.5 Å². The van der Waals surface area contributed by atoms with Crippen LogP contribution in [0.1, 0.15) is 0 Å². The lowest BCUT2D eigenvalue weighted by Crippen LogP contribution is -2.06. The van der Waals surface area contributed by atoms with Crippen molar-refractivity contribution in [1.29, 1.82) is 0 Å². The minimum atomic E-state index is -3.36. The second kappa shape index (κ2) is 2.59. The van der Waals surface area contributed by atoms with Crippen LogP contribution in [0.25, 0.3) is 0 Å². The van der Waals surface area contributed by atoms with E-state index in [0.717, 1.165) is 12.3 Å². The van der Waals surface area contributed by atoms with Crippen LogP contribution in [0.4, 0.5) is 11.8 Å². The zero-order valence-corrected chi connectivity index (χ0v) is 7.17. The minimum Gasteiger partial charge on any atom is -0.383 e. The van der Waals surface area contributed by atoms with E-state index in [-0.39, 0.29) is 16.8 Å². The average Bonchev–Trinajstić information content (AvgIpc) is 1.82. The maximum absolute atomic E-state index is 10.9. The molecule has 1 rings (SSSR count). The molecule has 0 spiro atoms. The number of nitrogen functional groups attached to an aromatic ring is 2. The third kappa shape index (κ3) is 1.82. The fourth-order valence-corrected chi connectivity index (χ4v) is 1.25. The van der Waals surface area contributed by atoms with Gasteiger partial charge in [0.1, 0.15) is 5.82 Å². The van der Waals surface area contributed by atoms with E-state index in [1.807, 2.05) is 0 Å². The summed E-state index contributed by atoms with van der Waals surface area (Å²) in [7, 11) is -3.36. The van der Waals surface area contributed by atoms with Gasteiger partial charge in [-0.2, -0.15) is 4.98 Å². The van der Waals surface area contributed by atoms with Crippen molar-refractivity contribution in [1.82, 2.24) is 9.97 Å². The van der Waals surface area contributed by atoms with Gasteiger partial charge in [-0.15, -0.1) is 0 Å². The fraction of sp³-hybridized carbons (Fsp3) is 0.200. The molecule has 66 valence electrons. The monoisotopic (exact) mass is 188 g/mol. The van der Waals surface area contributed by atoms with E-state index in [0.29, 0.717) is 0 Å².